The lowest BCUT2D eigenvalue weighted by atomic mass is 9.78. The molecule has 0 bridgehead atoms. The number of hydrogen-bond acceptors (Lipinski definition) is 2. The van der Waals surface area contributed by atoms with E-state index in [1.54, 1.807) is 0 Å². The number of hydrogen-bond donors (Lipinski definition) is 1. The topological polar surface area (TPSA) is 12.0 Å². The minimum atomic E-state index is 0.923. The Hall–Kier alpha value is -0.470. The molecular formula is C18H29NS. The van der Waals surface area contributed by atoms with E-state index >= 15 is 0 Å². The number of benzene rings is 1. The Morgan fingerprint density at radius 2 is 1.85 bits per heavy atom. The summed E-state index contributed by atoms with van der Waals surface area (Å²) in [6.07, 6.45) is 8.43. The van der Waals surface area contributed by atoms with Gasteiger partial charge in [0.1, 0.15) is 0 Å². The highest BCUT2D eigenvalue weighted by atomic mass is 32.2. The molecule has 20 heavy (non-hydrogen) atoms. The molecule has 2 unspecified atom stereocenters. The predicted molar refractivity (Wildman–Crippen MR) is 90.4 cm³/mol. The van der Waals surface area contributed by atoms with Crippen LogP contribution in [0.2, 0.25) is 0 Å². The van der Waals surface area contributed by atoms with Crippen LogP contribution in [0.25, 0.3) is 0 Å². The van der Waals surface area contributed by atoms with E-state index in [9.17, 15) is 0 Å². The van der Waals surface area contributed by atoms with Gasteiger partial charge in [-0.25, -0.2) is 0 Å². The molecule has 2 rings (SSSR count). The first-order valence-electron chi connectivity index (χ1n) is 8.28. The second-order valence-electron chi connectivity index (χ2n) is 5.96. The largest absolute Gasteiger partial charge is 0.316 e. The van der Waals surface area contributed by atoms with Gasteiger partial charge in [0.2, 0.25) is 0 Å². The molecule has 1 N–H and O–H groups in total. The molecule has 2 atom stereocenters. The van der Waals surface area contributed by atoms with Crippen molar-refractivity contribution in [3.8, 4) is 0 Å². The molecule has 1 aromatic carbocycles. The van der Waals surface area contributed by atoms with E-state index in [1.165, 1.54) is 62.3 Å². The van der Waals surface area contributed by atoms with E-state index in [4.69, 9.17) is 0 Å². The molecule has 0 radical (unpaired) electrons. The van der Waals surface area contributed by atoms with E-state index in [0.29, 0.717) is 0 Å². The Morgan fingerprint density at radius 3 is 2.60 bits per heavy atom. The van der Waals surface area contributed by atoms with Crippen LogP contribution in [-0.4, -0.2) is 18.8 Å². The Balaban J connectivity index is 1.71. The highest BCUT2D eigenvalue weighted by Gasteiger charge is 2.24. The van der Waals surface area contributed by atoms with Crippen molar-refractivity contribution in [1.82, 2.24) is 5.32 Å². The Labute approximate surface area is 128 Å². The summed E-state index contributed by atoms with van der Waals surface area (Å²) in [5, 5.41) is 3.64. The van der Waals surface area contributed by atoms with Crippen LogP contribution in [-0.2, 0) is 0 Å². The first-order valence-corrected chi connectivity index (χ1v) is 9.27. The van der Waals surface area contributed by atoms with Crippen LogP contribution in [0.3, 0.4) is 0 Å². The van der Waals surface area contributed by atoms with Gasteiger partial charge in [-0.15, -0.1) is 11.8 Å². The molecule has 0 amide bonds. The van der Waals surface area contributed by atoms with E-state index in [1.807, 2.05) is 11.8 Å². The third-order valence-corrected chi connectivity index (χ3v) is 5.45. The molecular weight excluding hydrogens is 262 g/mol. The maximum absolute atomic E-state index is 3.64. The van der Waals surface area contributed by atoms with Crippen molar-refractivity contribution >= 4 is 11.8 Å². The summed E-state index contributed by atoms with van der Waals surface area (Å²) in [4.78, 5) is 1.42. The Kier molecular flexibility index (Phi) is 7.53. The molecule has 1 aromatic rings. The molecule has 0 heterocycles. The average Bonchev–Trinajstić information content (AvgIpc) is 2.50. The third-order valence-electron chi connectivity index (χ3n) is 4.40. The third kappa shape index (κ3) is 5.49. The van der Waals surface area contributed by atoms with E-state index in [-0.39, 0.29) is 0 Å². The van der Waals surface area contributed by atoms with Crippen LogP contribution >= 0.6 is 11.8 Å². The van der Waals surface area contributed by atoms with Gasteiger partial charge in [-0.05, 0) is 62.1 Å². The summed E-state index contributed by atoms with van der Waals surface area (Å²) >= 11 is 2.02. The summed E-state index contributed by atoms with van der Waals surface area (Å²) in [6.45, 7) is 4.68. The molecule has 0 saturated heterocycles. The van der Waals surface area contributed by atoms with Crippen molar-refractivity contribution in [1.29, 1.82) is 0 Å². The lowest BCUT2D eigenvalue weighted by Gasteiger charge is -2.31. The molecule has 2 heteroatoms. The van der Waals surface area contributed by atoms with Crippen LogP contribution in [0, 0.1) is 11.8 Å². The zero-order valence-electron chi connectivity index (χ0n) is 12.8. The van der Waals surface area contributed by atoms with Gasteiger partial charge in [0.05, 0.1) is 0 Å². The molecule has 112 valence electrons. The minimum absolute atomic E-state index is 0.923. The van der Waals surface area contributed by atoms with Crippen molar-refractivity contribution in [3.63, 3.8) is 0 Å². The van der Waals surface area contributed by atoms with Crippen LogP contribution in [0.4, 0.5) is 0 Å². The van der Waals surface area contributed by atoms with Gasteiger partial charge in [0.25, 0.3) is 0 Å². The smallest absolute Gasteiger partial charge is 0.00719 e. The van der Waals surface area contributed by atoms with E-state index in [0.717, 1.165) is 11.8 Å². The Bertz CT molecular complexity index is 352. The summed E-state index contributed by atoms with van der Waals surface area (Å²) in [6, 6.07) is 10.8. The van der Waals surface area contributed by atoms with Crippen LogP contribution in [0.1, 0.15) is 45.4 Å². The molecule has 1 fully saturated rings. The summed E-state index contributed by atoms with van der Waals surface area (Å²) in [7, 11) is 0. The van der Waals surface area contributed by atoms with Gasteiger partial charge < -0.3 is 5.32 Å². The normalized spacial score (nSPS) is 22.9. The maximum atomic E-state index is 3.64. The minimum Gasteiger partial charge on any atom is -0.316 e. The second kappa shape index (κ2) is 9.46. The maximum Gasteiger partial charge on any atom is 0.00719 e. The summed E-state index contributed by atoms with van der Waals surface area (Å²) < 4.78 is 0. The lowest BCUT2D eigenvalue weighted by molar-refractivity contribution is 0.225. The SMILES string of the molecule is CCCNCC1CCCCC1CCSc1ccccc1. The van der Waals surface area contributed by atoms with Crippen LogP contribution < -0.4 is 5.32 Å². The number of rotatable bonds is 8. The van der Waals surface area contributed by atoms with E-state index in [2.05, 4.69) is 42.6 Å². The lowest BCUT2D eigenvalue weighted by Crippen LogP contribution is -2.31. The molecule has 1 aliphatic rings. The first kappa shape index (κ1) is 15.9. The molecule has 0 aromatic heterocycles. The average molecular weight is 292 g/mol. The fraction of sp³-hybridized carbons (Fsp3) is 0.667. The van der Waals surface area contributed by atoms with Crippen molar-refractivity contribution in [2.45, 2.75) is 50.3 Å². The molecule has 1 saturated carbocycles. The van der Waals surface area contributed by atoms with E-state index < -0.39 is 0 Å². The zero-order valence-corrected chi connectivity index (χ0v) is 13.6. The monoisotopic (exact) mass is 291 g/mol. The van der Waals surface area contributed by atoms with Crippen molar-refractivity contribution in [2.24, 2.45) is 11.8 Å². The fourth-order valence-electron chi connectivity index (χ4n) is 3.24. The highest BCUT2D eigenvalue weighted by Crippen LogP contribution is 2.33. The van der Waals surface area contributed by atoms with Crippen LogP contribution in [0.5, 0.6) is 0 Å². The van der Waals surface area contributed by atoms with Crippen LogP contribution in [0.15, 0.2) is 35.2 Å². The highest BCUT2D eigenvalue weighted by molar-refractivity contribution is 7.99. The van der Waals surface area contributed by atoms with Crippen molar-refractivity contribution in [2.75, 3.05) is 18.8 Å². The molecule has 0 aliphatic heterocycles. The molecule has 1 nitrogen and oxygen atoms in total. The first-order chi connectivity index (χ1) is 9.90. The number of thioether (sulfide) groups is 1. The summed E-state index contributed by atoms with van der Waals surface area (Å²) in [5.74, 6) is 3.15. The van der Waals surface area contributed by atoms with Crippen molar-refractivity contribution in [3.05, 3.63) is 30.3 Å². The predicted octanol–water partition coefficient (Wildman–Crippen LogP) is 4.97. The van der Waals surface area contributed by atoms with Gasteiger partial charge in [0, 0.05) is 4.90 Å². The second-order valence-corrected chi connectivity index (χ2v) is 7.13. The van der Waals surface area contributed by atoms with Gasteiger partial charge >= 0.3 is 0 Å². The van der Waals surface area contributed by atoms with Gasteiger partial charge in [0.15, 0.2) is 0 Å². The summed E-state index contributed by atoms with van der Waals surface area (Å²) in [5.41, 5.74) is 0. The van der Waals surface area contributed by atoms with Crippen molar-refractivity contribution < 1.29 is 0 Å². The Morgan fingerprint density at radius 1 is 1.10 bits per heavy atom. The standard InChI is InChI=1S/C18H29NS/c1-2-13-19-15-17-9-7-6-8-16(17)12-14-20-18-10-4-3-5-11-18/h3-5,10-11,16-17,19H,2,6-9,12-15H2,1H3. The fourth-order valence-corrected chi connectivity index (χ4v) is 4.25. The quantitative estimate of drug-likeness (QED) is 0.536. The van der Waals surface area contributed by atoms with Gasteiger partial charge in [-0.1, -0.05) is 44.4 Å². The molecule has 0 spiro atoms. The molecule has 1 aliphatic carbocycles. The number of nitrogens with one attached hydrogen (secondary N) is 1. The van der Waals surface area contributed by atoms with Gasteiger partial charge in [-0.2, -0.15) is 0 Å². The van der Waals surface area contributed by atoms with Gasteiger partial charge in [-0.3, -0.25) is 0 Å². The zero-order chi connectivity index (χ0) is 14.0.